The van der Waals surface area contributed by atoms with Gasteiger partial charge in [-0.15, -0.1) is 21.5 Å². The van der Waals surface area contributed by atoms with E-state index in [2.05, 4.69) is 85.4 Å². The Hall–Kier alpha value is -2.80. The van der Waals surface area contributed by atoms with Crippen molar-refractivity contribution in [3.8, 4) is 0 Å². The second-order valence-corrected chi connectivity index (χ2v) is 26.8. The number of nitrogens with zero attached hydrogens (tertiary/aromatic N) is 6. The van der Waals surface area contributed by atoms with Gasteiger partial charge >= 0.3 is 5.97 Å². The summed E-state index contributed by atoms with van der Waals surface area (Å²) in [6.45, 7) is 22.0. The molecule has 1 atom stereocenters. The van der Waals surface area contributed by atoms with E-state index in [1.165, 1.54) is 18.4 Å². The molecule has 0 aliphatic carbocycles. The van der Waals surface area contributed by atoms with Crippen molar-refractivity contribution in [3.05, 3.63) is 51.8 Å². The molecule has 0 N–H and O–H groups in total. The van der Waals surface area contributed by atoms with Gasteiger partial charge in [-0.25, -0.2) is 9.78 Å². The predicted octanol–water partition coefficient (Wildman–Crippen LogP) is 7.76. The summed E-state index contributed by atoms with van der Waals surface area (Å²) >= 11 is 2.92. The number of ether oxygens (including phenoxy) is 3. The fourth-order valence-corrected chi connectivity index (χ4v) is 7.96. The zero-order valence-corrected chi connectivity index (χ0v) is 33.8. The van der Waals surface area contributed by atoms with E-state index in [0.29, 0.717) is 43.3 Å². The van der Waals surface area contributed by atoms with Crippen LogP contribution in [0, 0.1) is 6.92 Å². The highest BCUT2D eigenvalue weighted by molar-refractivity contribution is 7.16. The normalized spacial score (nSPS) is 13.7. The molecule has 4 aromatic rings. The van der Waals surface area contributed by atoms with Crippen LogP contribution in [-0.4, -0.2) is 82.2 Å². The Bertz CT molecular complexity index is 1760. The van der Waals surface area contributed by atoms with Crippen LogP contribution in [0.15, 0.2) is 40.7 Å². The molecule has 48 heavy (non-hydrogen) atoms. The van der Waals surface area contributed by atoms with Crippen molar-refractivity contribution in [2.75, 3.05) is 38.9 Å². The van der Waals surface area contributed by atoms with E-state index in [1.54, 1.807) is 23.8 Å². The largest absolute Gasteiger partial charge is 0.464 e. The average molecular weight is 731 g/mol. The summed E-state index contributed by atoms with van der Waals surface area (Å²) < 4.78 is 26.7. The molecule has 11 nitrogen and oxygen atoms in total. The minimum absolute atomic E-state index is 0.0598. The third-order valence-electron chi connectivity index (χ3n) is 8.50. The van der Waals surface area contributed by atoms with Gasteiger partial charge < -0.3 is 18.6 Å². The Labute approximate surface area is 294 Å². The fraction of sp³-hybridized carbons (Fsp3) is 0.545. The molecule has 0 spiro atoms. The van der Waals surface area contributed by atoms with Crippen LogP contribution in [-0.2, 0) is 25.4 Å². The Kier molecular flexibility index (Phi) is 12.5. The molecule has 3 heterocycles. The molecule has 3 aromatic heterocycles. The van der Waals surface area contributed by atoms with Crippen LogP contribution < -0.4 is 9.70 Å². The molecule has 0 amide bonds. The van der Waals surface area contributed by atoms with Crippen molar-refractivity contribution in [1.29, 1.82) is 0 Å². The van der Waals surface area contributed by atoms with Gasteiger partial charge in [0.1, 0.15) is 6.73 Å². The Morgan fingerprint density at radius 1 is 1.10 bits per heavy atom. The molecule has 4 rings (SSSR count). The minimum atomic E-state index is -2.02. The number of aromatic nitrogens is 4. The van der Waals surface area contributed by atoms with Gasteiger partial charge in [0.05, 0.1) is 36.6 Å². The Morgan fingerprint density at radius 2 is 1.83 bits per heavy atom. The molecule has 1 aromatic carbocycles. The lowest BCUT2D eigenvalue weighted by atomic mass is 10.2. The number of benzene rings is 1. The van der Waals surface area contributed by atoms with E-state index in [-0.39, 0.29) is 16.8 Å². The van der Waals surface area contributed by atoms with Crippen molar-refractivity contribution in [2.45, 2.75) is 84.3 Å². The molecule has 0 radical (unpaired) electrons. The zero-order chi connectivity index (χ0) is 35.3. The van der Waals surface area contributed by atoms with Gasteiger partial charge in [-0.1, -0.05) is 63.9 Å². The van der Waals surface area contributed by atoms with Gasteiger partial charge in [-0.05, 0) is 54.9 Å². The molecule has 0 saturated carbocycles. The van der Waals surface area contributed by atoms with Crippen LogP contribution in [0.5, 0.6) is 0 Å². The second kappa shape index (κ2) is 15.8. The third kappa shape index (κ3) is 9.67. The van der Waals surface area contributed by atoms with Gasteiger partial charge in [0.15, 0.2) is 35.6 Å². The van der Waals surface area contributed by atoms with Crippen LogP contribution in [0.3, 0.4) is 0 Å². The lowest BCUT2D eigenvalue weighted by Gasteiger charge is -2.37. The monoisotopic (exact) mass is 730 g/mol. The number of methoxy groups -OCH3 is 2. The highest BCUT2D eigenvalue weighted by Gasteiger charge is 2.38. The van der Waals surface area contributed by atoms with Gasteiger partial charge in [0.25, 0.3) is 0 Å². The second-order valence-electron chi connectivity index (χ2n) is 14.5. The summed E-state index contributed by atoms with van der Waals surface area (Å²) in [5.41, 5.74) is 2.13. The van der Waals surface area contributed by atoms with E-state index >= 15 is 0 Å². The standard InChI is InChI=1S/C33H50N6O5S2Si2/c1-23-18-28(36-37-29(23)35-32-39(22-43-16-17-47(7,8)9)26-14-12-13-15-27(26)46-32)38(31-34-25(21-45-31)30(40)42-6)19-24(41-5)20-44-48(10,11)33(2,3)4/h12-15,18,21,24H,16-17,19-20,22H2,1-11H3/b35-32-. The number of para-hydroxylation sites is 1. The topological polar surface area (TPSA) is 113 Å². The molecule has 262 valence electrons. The van der Waals surface area contributed by atoms with E-state index in [0.717, 1.165) is 26.6 Å². The van der Waals surface area contributed by atoms with Crippen molar-refractivity contribution < 1.29 is 23.4 Å². The number of hydrogen-bond donors (Lipinski definition) is 0. The molecule has 0 aliphatic rings. The Balaban J connectivity index is 1.67. The molecular weight excluding hydrogens is 681 g/mol. The van der Waals surface area contributed by atoms with Crippen molar-refractivity contribution in [1.82, 2.24) is 19.7 Å². The van der Waals surface area contributed by atoms with Gasteiger partial charge in [0, 0.05) is 27.2 Å². The van der Waals surface area contributed by atoms with E-state index < -0.39 is 22.4 Å². The van der Waals surface area contributed by atoms with Crippen molar-refractivity contribution in [3.63, 3.8) is 0 Å². The molecular formula is C33H50N6O5S2Si2. The first-order valence-electron chi connectivity index (χ1n) is 16.1. The molecule has 0 aliphatic heterocycles. The number of aryl methyl sites for hydroxylation is 1. The smallest absolute Gasteiger partial charge is 0.357 e. The van der Waals surface area contributed by atoms with E-state index in [4.69, 9.17) is 23.6 Å². The van der Waals surface area contributed by atoms with Gasteiger partial charge in [0.2, 0.25) is 0 Å². The first-order chi connectivity index (χ1) is 22.5. The summed E-state index contributed by atoms with van der Waals surface area (Å²) in [5.74, 6) is 0.574. The fourth-order valence-electron chi connectivity index (χ4n) is 4.34. The number of hydrogen-bond acceptors (Lipinski definition) is 12. The number of anilines is 2. The van der Waals surface area contributed by atoms with Crippen LogP contribution in [0.25, 0.3) is 10.2 Å². The van der Waals surface area contributed by atoms with Crippen LogP contribution in [0.2, 0.25) is 43.8 Å². The summed E-state index contributed by atoms with van der Waals surface area (Å²) in [6.07, 6.45) is -0.297. The lowest BCUT2D eigenvalue weighted by molar-refractivity contribution is 0.0588. The van der Waals surface area contributed by atoms with E-state index in [1.807, 2.05) is 30.0 Å². The maximum Gasteiger partial charge on any atom is 0.357 e. The number of esters is 1. The SMILES string of the molecule is COC(=O)c1csc(N(CC(CO[Si](C)(C)C(C)(C)C)OC)c2cc(C)c(/N=c3\sc4ccccc4n3COCC[Si](C)(C)C)nn2)n1. The molecule has 1 unspecified atom stereocenters. The molecule has 0 saturated heterocycles. The number of fused-ring (bicyclic) bond motifs is 1. The summed E-state index contributed by atoms with van der Waals surface area (Å²) in [4.78, 5) is 24.5. The highest BCUT2D eigenvalue weighted by atomic mass is 32.1. The Morgan fingerprint density at radius 3 is 2.48 bits per heavy atom. The van der Waals surface area contributed by atoms with Crippen LogP contribution in [0.1, 0.15) is 36.8 Å². The molecule has 15 heteroatoms. The van der Waals surface area contributed by atoms with Gasteiger partial charge in [-0.3, -0.25) is 9.47 Å². The summed E-state index contributed by atoms with van der Waals surface area (Å²) in [6, 6.07) is 11.3. The van der Waals surface area contributed by atoms with Crippen LogP contribution in [0.4, 0.5) is 16.8 Å². The lowest BCUT2D eigenvalue weighted by Crippen LogP contribution is -2.44. The number of carbonyl (C=O) groups excluding carboxylic acids is 1. The maximum atomic E-state index is 12.3. The first kappa shape index (κ1) is 38.0. The molecule has 0 fully saturated rings. The predicted molar refractivity (Wildman–Crippen MR) is 200 cm³/mol. The number of rotatable bonds is 15. The van der Waals surface area contributed by atoms with Crippen molar-refractivity contribution >= 4 is 72.0 Å². The van der Waals surface area contributed by atoms with E-state index in [9.17, 15) is 4.79 Å². The zero-order valence-electron chi connectivity index (χ0n) is 30.1. The number of carbonyl (C=O) groups is 1. The summed E-state index contributed by atoms with van der Waals surface area (Å²) in [7, 11) is -0.216. The maximum absolute atomic E-state index is 12.3. The van der Waals surface area contributed by atoms with Crippen molar-refractivity contribution in [2.24, 2.45) is 4.99 Å². The first-order valence-corrected chi connectivity index (χ1v) is 24.4. The third-order valence-corrected chi connectivity index (χ3v) is 16.6. The average Bonchev–Trinajstić information content (AvgIpc) is 3.64. The van der Waals surface area contributed by atoms with Gasteiger partial charge in [-0.2, -0.15) is 4.99 Å². The highest BCUT2D eigenvalue weighted by Crippen LogP contribution is 2.37. The van der Waals surface area contributed by atoms with Crippen LogP contribution >= 0.6 is 22.7 Å². The quantitative estimate of drug-likeness (QED) is 0.0688. The number of thiazole rings is 2. The minimum Gasteiger partial charge on any atom is -0.464 e. The summed E-state index contributed by atoms with van der Waals surface area (Å²) in [5, 5.41) is 11.5. The molecule has 0 bridgehead atoms.